The molecule has 1 nitrogen and oxygen atoms in total. The van der Waals surface area contributed by atoms with E-state index in [1.165, 1.54) is 16.3 Å². The molecule has 2 heteroatoms. The average molecular weight is 277 g/mol. The van der Waals surface area contributed by atoms with Crippen LogP contribution in [0.5, 0.6) is 0 Å². The van der Waals surface area contributed by atoms with E-state index in [-0.39, 0.29) is 6.10 Å². The summed E-state index contributed by atoms with van der Waals surface area (Å²) in [5.41, 5.74) is 2.44. The van der Waals surface area contributed by atoms with Crippen LogP contribution in [0.15, 0.2) is 34.8 Å². The normalized spacial score (nSPS) is 19.8. The van der Waals surface area contributed by atoms with E-state index in [9.17, 15) is 5.11 Å². The van der Waals surface area contributed by atoms with Crippen LogP contribution in [-0.4, -0.2) is 5.11 Å². The highest BCUT2D eigenvalue weighted by molar-refractivity contribution is 9.10. The number of hydrogen-bond acceptors (Lipinski definition) is 1. The topological polar surface area (TPSA) is 20.2 Å². The molecule has 0 aliphatic heterocycles. The highest BCUT2D eigenvalue weighted by Gasteiger charge is 2.20. The van der Waals surface area contributed by atoms with Crippen molar-refractivity contribution in [1.82, 2.24) is 0 Å². The van der Waals surface area contributed by atoms with Crippen molar-refractivity contribution in [3.8, 4) is 0 Å². The highest BCUT2D eigenvalue weighted by Crippen LogP contribution is 2.38. The van der Waals surface area contributed by atoms with Crippen LogP contribution in [0.2, 0.25) is 0 Å². The number of rotatable bonds is 0. The molecular formula is C14H13BrO. The van der Waals surface area contributed by atoms with Crippen LogP contribution in [0.25, 0.3) is 10.8 Å². The first-order valence-electron chi connectivity index (χ1n) is 5.65. The monoisotopic (exact) mass is 276 g/mol. The van der Waals surface area contributed by atoms with Crippen LogP contribution < -0.4 is 0 Å². The molecule has 0 saturated carbocycles. The lowest BCUT2D eigenvalue weighted by Crippen LogP contribution is -2.09. The molecule has 2 aromatic carbocycles. The summed E-state index contributed by atoms with van der Waals surface area (Å²) < 4.78 is 1.09. The Bertz CT molecular complexity index is 548. The summed E-state index contributed by atoms with van der Waals surface area (Å²) in [6.45, 7) is 0. The van der Waals surface area contributed by atoms with Crippen molar-refractivity contribution in [2.75, 3.05) is 0 Å². The van der Waals surface area contributed by atoms with Crippen molar-refractivity contribution in [3.05, 3.63) is 45.9 Å². The molecule has 1 atom stereocenters. The molecule has 16 heavy (non-hydrogen) atoms. The maximum Gasteiger partial charge on any atom is 0.0793 e. The Balaban J connectivity index is 2.38. The molecule has 0 saturated heterocycles. The van der Waals surface area contributed by atoms with Crippen molar-refractivity contribution < 1.29 is 5.11 Å². The Morgan fingerprint density at radius 2 is 1.94 bits per heavy atom. The average Bonchev–Trinajstić information content (AvgIpc) is 2.31. The lowest BCUT2D eigenvalue weighted by Gasteiger charge is -2.23. The van der Waals surface area contributed by atoms with E-state index in [4.69, 9.17) is 0 Å². The van der Waals surface area contributed by atoms with Crippen molar-refractivity contribution in [1.29, 1.82) is 0 Å². The van der Waals surface area contributed by atoms with Gasteiger partial charge in [-0.2, -0.15) is 0 Å². The van der Waals surface area contributed by atoms with Crippen LogP contribution in [0.3, 0.4) is 0 Å². The molecule has 0 aromatic heterocycles. The van der Waals surface area contributed by atoms with Gasteiger partial charge in [-0.05, 0) is 47.2 Å². The van der Waals surface area contributed by atoms with Crippen molar-refractivity contribution in [2.45, 2.75) is 25.4 Å². The second-order valence-corrected chi connectivity index (χ2v) is 5.23. The Kier molecular flexibility index (Phi) is 2.49. The Hall–Kier alpha value is -0.860. The summed E-state index contributed by atoms with van der Waals surface area (Å²) in [5, 5.41) is 12.6. The third kappa shape index (κ3) is 1.48. The standard InChI is InChI=1S/C14H13BrO/c15-13-8-12-10(6-3-7-14(12)16)9-4-1-2-5-11(9)13/h1-2,4-5,8,14,16H,3,6-7H2/t14-/m1/s1. The molecule has 0 heterocycles. The van der Waals surface area contributed by atoms with Gasteiger partial charge in [0.1, 0.15) is 0 Å². The second kappa shape index (κ2) is 3.86. The largest absolute Gasteiger partial charge is 0.388 e. The van der Waals surface area contributed by atoms with E-state index >= 15 is 0 Å². The van der Waals surface area contributed by atoms with E-state index in [1.54, 1.807) is 0 Å². The van der Waals surface area contributed by atoms with Gasteiger partial charge < -0.3 is 5.11 Å². The lowest BCUT2D eigenvalue weighted by molar-refractivity contribution is 0.157. The summed E-state index contributed by atoms with van der Waals surface area (Å²) in [7, 11) is 0. The fraction of sp³-hybridized carbons (Fsp3) is 0.286. The van der Waals surface area contributed by atoms with E-state index in [2.05, 4.69) is 46.3 Å². The maximum atomic E-state index is 10.0. The van der Waals surface area contributed by atoms with Gasteiger partial charge in [0.15, 0.2) is 0 Å². The van der Waals surface area contributed by atoms with Crippen LogP contribution in [-0.2, 0) is 6.42 Å². The van der Waals surface area contributed by atoms with Crippen LogP contribution in [0, 0.1) is 0 Å². The molecule has 1 aliphatic rings. The Morgan fingerprint density at radius 3 is 2.75 bits per heavy atom. The van der Waals surface area contributed by atoms with Crippen molar-refractivity contribution in [3.63, 3.8) is 0 Å². The van der Waals surface area contributed by atoms with Crippen LogP contribution in [0.1, 0.15) is 30.1 Å². The number of aliphatic hydroxyl groups is 1. The maximum absolute atomic E-state index is 10.0. The first-order valence-corrected chi connectivity index (χ1v) is 6.45. The predicted octanol–water partition coefficient (Wildman–Crippen LogP) is 3.97. The molecule has 0 radical (unpaired) electrons. The van der Waals surface area contributed by atoms with Gasteiger partial charge in [0.25, 0.3) is 0 Å². The first-order chi connectivity index (χ1) is 7.77. The number of fused-ring (bicyclic) bond motifs is 3. The molecule has 0 fully saturated rings. The van der Waals surface area contributed by atoms with Gasteiger partial charge in [-0.1, -0.05) is 40.2 Å². The zero-order chi connectivity index (χ0) is 11.1. The molecule has 82 valence electrons. The fourth-order valence-corrected chi connectivity index (χ4v) is 3.21. The predicted molar refractivity (Wildman–Crippen MR) is 69.5 cm³/mol. The number of halogens is 1. The quantitative estimate of drug-likeness (QED) is 0.772. The summed E-state index contributed by atoms with van der Waals surface area (Å²) in [4.78, 5) is 0. The van der Waals surface area contributed by atoms with Crippen molar-refractivity contribution in [2.24, 2.45) is 0 Å². The van der Waals surface area contributed by atoms with Crippen LogP contribution >= 0.6 is 15.9 Å². The van der Waals surface area contributed by atoms with Gasteiger partial charge in [0.05, 0.1) is 6.10 Å². The Morgan fingerprint density at radius 1 is 1.19 bits per heavy atom. The van der Waals surface area contributed by atoms with Gasteiger partial charge in [0.2, 0.25) is 0 Å². The van der Waals surface area contributed by atoms with Gasteiger partial charge in [-0.15, -0.1) is 0 Å². The van der Waals surface area contributed by atoms with Gasteiger partial charge in [0, 0.05) is 4.47 Å². The molecule has 2 aromatic rings. The van der Waals surface area contributed by atoms with Gasteiger partial charge >= 0.3 is 0 Å². The van der Waals surface area contributed by atoms with Crippen LogP contribution in [0.4, 0.5) is 0 Å². The first kappa shape index (κ1) is 10.3. The third-order valence-corrected chi connectivity index (χ3v) is 4.06. The molecule has 0 amide bonds. The minimum absolute atomic E-state index is 0.287. The number of aliphatic hydroxyl groups excluding tert-OH is 1. The molecular weight excluding hydrogens is 264 g/mol. The minimum Gasteiger partial charge on any atom is -0.388 e. The smallest absolute Gasteiger partial charge is 0.0793 e. The summed E-state index contributed by atoms with van der Waals surface area (Å²) in [5.74, 6) is 0. The molecule has 0 bridgehead atoms. The van der Waals surface area contributed by atoms with Gasteiger partial charge in [-0.3, -0.25) is 0 Å². The summed E-state index contributed by atoms with van der Waals surface area (Å²) in [6, 6.07) is 10.5. The summed E-state index contributed by atoms with van der Waals surface area (Å²) in [6.07, 6.45) is 2.77. The molecule has 0 unspecified atom stereocenters. The number of benzene rings is 2. The van der Waals surface area contributed by atoms with Gasteiger partial charge in [-0.25, -0.2) is 0 Å². The minimum atomic E-state index is -0.287. The molecule has 3 rings (SSSR count). The van der Waals surface area contributed by atoms with E-state index in [1.807, 2.05) is 0 Å². The van der Waals surface area contributed by atoms with Crippen molar-refractivity contribution >= 4 is 26.7 Å². The number of aryl methyl sites for hydroxylation is 1. The molecule has 1 N–H and O–H groups in total. The lowest BCUT2D eigenvalue weighted by atomic mass is 9.86. The van der Waals surface area contributed by atoms with E-state index in [0.29, 0.717) is 0 Å². The van der Waals surface area contributed by atoms with E-state index in [0.717, 1.165) is 29.3 Å². The third-order valence-electron chi connectivity index (χ3n) is 3.40. The zero-order valence-electron chi connectivity index (χ0n) is 8.91. The number of hydrogen-bond donors (Lipinski definition) is 1. The molecule has 0 spiro atoms. The fourth-order valence-electron chi connectivity index (χ4n) is 2.62. The highest BCUT2D eigenvalue weighted by atomic mass is 79.9. The second-order valence-electron chi connectivity index (χ2n) is 4.38. The SMILES string of the molecule is O[C@@H]1CCCc2c1cc(Br)c1ccccc21. The van der Waals surface area contributed by atoms with E-state index < -0.39 is 0 Å². The zero-order valence-corrected chi connectivity index (χ0v) is 10.5. The Labute approximate surface area is 103 Å². The molecule has 1 aliphatic carbocycles. The summed E-state index contributed by atoms with van der Waals surface area (Å²) >= 11 is 3.59.